The molecule has 0 radical (unpaired) electrons. The van der Waals surface area contributed by atoms with Gasteiger partial charge in [0, 0.05) is 37.6 Å². The molecule has 0 atom stereocenters. The molecule has 1 heterocycles. The number of aliphatic hydroxyl groups excluding tert-OH is 1. The fraction of sp³-hybridized carbons (Fsp3) is 0.625. The van der Waals surface area contributed by atoms with Crippen molar-refractivity contribution in [3.05, 3.63) is 24.3 Å². The van der Waals surface area contributed by atoms with Crippen molar-refractivity contribution < 1.29 is 5.11 Å². The molecule has 0 spiro atoms. The van der Waals surface area contributed by atoms with Crippen molar-refractivity contribution in [1.29, 1.82) is 0 Å². The Balaban J connectivity index is 1.67. The molecular formula is C16H26N2O. The third-order valence-corrected chi connectivity index (χ3v) is 3.75. The first-order valence-electron chi connectivity index (χ1n) is 7.60. The molecule has 1 aromatic rings. The summed E-state index contributed by atoms with van der Waals surface area (Å²) >= 11 is 0. The van der Waals surface area contributed by atoms with Crippen LogP contribution < -0.4 is 10.2 Å². The fourth-order valence-corrected chi connectivity index (χ4v) is 2.59. The SMILES string of the molecule is OCCCCCCNc1ccc(N2CCCC2)cc1. The van der Waals surface area contributed by atoms with Crippen LogP contribution >= 0.6 is 0 Å². The van der Waals surface area contributed by atoms with Gasteiger partial charge in [-0.25, -0.2) is 0 Å². The summed E-state index contributed by atoms with van der Waals surface area (Å²) < 4.78 is 0. The van der Waals surface area contributed by atoms with Crippen molar-refractivity contribution in [3.63, 3.8) is 0 Å². The topological polar surface area (TPSA) is 35.5 Å². The van der Waals surface area contributed by atoms with E-state index in [0.29, 0.717) is 6.61 Å². The average Bonchev–Trinajstić information content (AvgIpc) is 2.97. The number of nitrogens with one attached hydrogen (secondary N) is 1. The summed E-state index contributed by atoms with van der Waals surface area (Å²) in [5, 5.41) is 12.2. The van der Waals surface area contributed by atoms with Crippen molar-refractivity contribution in [2.75, 3.05) is 36.5 Å². The molecule has 19 heavy (non-hydrogen) atoms. The van der Waals surface area contributed by atoms with Crippen LogP contribution in [0.1, 0.15) is 38.5 Å². The van der Waals surface area contributed by atoms with Crippen molar-refractivity contribution in [1.82, 2.24) is 0 Å². The number of anilines is 2. The number of hydrogen-bond acceptors (Lipinski definition) is 3. The van der Waals surface area contributed by atoms with Crippen LogP contribution in [-0.4, -0.2) is 31.3 Å². The number of unbranched alkanes of at least 4 members (excludes halogenated alkanes) is 3. The molecule has 0 saturated carbocycles. The Morgan fingerprint density at radius 1 is 0.947 bits per heavy atom. The smallest absolute Gasteiger partial charge is 0.0431 e. The molecule has 106 valence electrons. The van der Waals surface area contributed by atoms with E-state index in [9.17, 15) is 0 Å². The van der Waals surface area contributed by atoms with Crippen molar-refractivity contribution in [3.8, 4) is 0 Å². The fourth-order valence-electron chi connectivity index (χ4n) is 2.59. The highest BCUT2D eigenvalue weighted by molar-refractivity contribution is 5.55. The molecule has 1 fully saturated rings. The van der Waals surface area contributed by atoms with E-state index >= 15 is 0 Å². The van der Waals surface area contributed by atoms with Gasteiger partial charge in [0.25, 0.3) is 0 Å². The van der Waals surface area contributed by atoms with Crippen LogP contribution in [-0.2, 0) is 0 Å². The quantitative estimate of drug-likeness (QED) is 0.706. The Labute approximate surface area is 116 Å². The van der Waals surface area contributed by atoms with Gasteiger partial charge in [-0.1, -0.05) is 12.8 Å². The Morgan fingerprint density at radius 2 is 1.63 bits per heavy atom. The molecule has 1 aromatic carbocycles. The number of hydrogen-bond donors (Lipinski definition) is 2. The van der Waals surface area contributed by atoms with E-state index in [1.165, 1.54) is 50.1 Å². The molecule has 0 unspecified atom stereocenters. The third kappa shape index (κ3) is 4.75. The van der Waals surface area contributed by atoms with E-state index in [-0.39, 0.29) is 0 Å². The van der Waals surface area contributed by atoms with Crippen molar-refractivity contribution >= 4 is 11.4 Å². The summed E-state index contributed by atoms with van der Waals surface area (Å²) in [6, 6.07) is 8.81. The van der Waals surface area contributed by atoms with E-state index in [1.807, 2.05) is 0 Å². The van der Waals surface area contributed by atoms with E-state index in [2.05, 4.69) is 34.5 Å². The lowest BCUT2D eigenvalue weighted by Gasteiger charge is -2.18. The second-order valence-electron chi connectivity index (χ2n) is 5.31. The summed E-state index contributed by atoms with van der Waals surface area (Å²) in [4.78, 5) is 2.46. The van der Waals surface area contributed by atoms with E-state index in [4.69, 9.17) is 5.11 Å². The number of nitrogens with zero attached hydrogens (tertiary/aromatic N) is 1. The van der Waals surface area contributed by atoms with Crippen LogP contribution in [0.5, 0.6) is 0 Å². The first-order valence-corrected chi connectivity index (χ1v) is 7.60. The molecule has 0 aromatic heterocycles. The maximum absolute atomic E-state index is 8.70. The minimum absolute atomic E-state index is 0.325. The maximum atomic E-state index is 8.70. The molecule has 0 amide bonds. The maximum Gasteiger partial charge on any atom is 0.0431 e. The van der Waals surface area contributed by atoms with Crippen LogP contribution in [0.25, 0.3) is 0 Å². The minimum Gasteiger partial charge on any atom is -0.396 e. The lowest BCUT2D eigenvalue weighted by atomic mass is 10.2. The van der Waals surface area contributed by atoms with Gasteiger partial charge in [-0.05, 0) is 49.9 Å². The van der Waals surface area contributed by atoms with Gasteiger partial charge in [0.2, 0.25) is 0 Å². The van der Waals surface area contributed by atoms with Gasteiger partial charge in [-0.2, -0.15) is 0 Å². The number of rotatable bonds is 8. The van der Waals surface area contributed by atoms with E-state index in [0.717, 1.165) is 19.4 Å². The Morgan fingerprint density at radius 3 is 2.32 bits per heavy atom. The Bertz CT molecular complexity index is 344. The van der Waals surface area contributed by atoms with Crippen LogP contribution in [0, 0.1) is 0 Å². The summed E-state index contributed by atoms with van der Waals surface area (Å²) in [6.45, 7) is 3.76. The molecule has 3 nitrogen and oxygen atoms in total. The zero-order valence-electron chi connectivity index (χ0n) is 11.8. The molecule has 0 bridgehead atoms. The molecule has 1 aliphatic heterocycles. The van der Waals surface area contributed by atoms with Crippen LogP contribution in [0.4, 0.5) is 11.4 Å². The lowest BCUT2D eigenvalue weighted by Crippen LogP contribution is -2.17. The first kappa shape index (κ1) is 14.2. The van der Waals surface area contributed by atoms with Gasteiger partial charge in [-0.15, -0.1) is 0 Å². The predicted molar refractivity (Wildman–Crippen MR) is 81.9 cm³/mol. The van der Waals surface area contributed by atoms with E-state index < -0.39 is 0 Å². The summed E-state index contributed by atoms with van der Waals surface area (Å²) in [7, 11) is 0. The standard InChI is InChI=1S/C16H26N2O/c19-14-6-2-1-3-11-17-15-7-9-16(10-8-15)18-12-4-5-13-18/h7-10,17,19H,1-6,11-14H2. The summed E-state index contributed by atoms with van der Waals surface area (Å²) in [5.41, 5.74) is 2.57. The number of aliphatic hydroxyl groups is 1. The van der Waals surface area contributed by atoms with Gasteiger partial charge in [-0.3, -0.25) is 0 Å². The molecule has 1 aliphatic rings. The van der Waals surface area contributed by atoms with Crippen LogP contribution in [0.15, 0.2) is 24.3 Å². The van der Waals surface area contributed by atoms with Gasteiger partial charge >= 0.3 is 0 Å². The molecule has 1 saturated heterocycles. The lowest BCUT2D eigenvalue weighted by molar-refractivity contribution is 0.283. The zero-order valence-corrected chi connectivity index (χ0v) is 11.8. The summed E-state index contributed by atoms with van der Waals surface area (Å²) in [6.07, 6.45) is 7.09. The van der Waals surface area contributed by atoms with E-state index in [1.54, 1.807) is 0 Å². The van der Waals surface area contributed by atoms with Gasteiger partial charge in [0.05, 0.1) is 0 Å². The zero-order chi connectivity index (χ0) is 13.3. The molecule has 2 rings (SSSR count). The molecular weight excluding hydrogens is 236 g/mol. The highest BCUT2D eigenvalue weighted by Gasteiger charge is 2.11. The van der Waals surface area contributed by atoms with Crippen molar-refractivity contribution in [2.45, 2.75) is 38.5 Å². The molecule has 0 aliphatic carbocycles. The van der Waals surface area contributed by atoms with Gasteiger partial charge in [0.1, 0.15) is 0 Å². The third-order valence-electron chi connectivity index (χ3n) is 3.75. The van der Waals surface area contributed by atoms with Crippen LogP contribution in [0.3, 0.4) is 0 Å². The molecule has 3 heteroatoms. The normalized spacial score (nSPS) is 14.9. The Hall–Kier alpha value is -1.22. The minimum atomic E-state index is 0.325. The van der Waals surface area contributed by atoms with Gasteiger partial charge in [0.15, 0.2) is 0 Å². The average molecular weight is 262 g/mol. The molecule has 2 N–H and O–H groups in total. The Kier molecular flexibility index (Phi) is 6.02. The number of benzene rings is 1. The van der Waals surface area contributed by atoms with Crippen molar-refractivity contribution in [2.24, 2.45) is 0 Å². The summed E-state index contributed by atoms with van der Waals surface area (Å²) in [5.74, 6) is 0. The first-order chi connectivity index (χ1) is 9.40. The highest BCUT2D eigenvalue weighted by atomic mass is 16.2. The highest BCUT2D eigenvalue weighted by Crippen LogP contribution is 2.21. The second kappa shape index (κ2) is 8.05. The monoisotopic (exact) mass is 262 g/mol. The largest absolute Gasteiger partial charge is 0.396 e. The predicted octanol–water partition coefficient (Wildman–Crippen LogP) is 3.25. The van der Waals surface area contributed by atoms with Crippen LogP contribution in [0.2, 0.25) is 0 Å². The van der Waals surface area contributed by atoms with Gasteiger partial charge < -0.3 is 15.3 Å². The second-order valence-corrected chi connectivity index (χ2v) is 5.31.